The van der Waals surface area contributed by atoms with Crippen LogP contribution in [0.2, 0.25) is 0 Å². The van der Waals surface area contributed by atoms with Crippen LogP contribution in [0.25, 0.3) is 0 Å². The van der Waals surface area contributed by atoms with Gasteiger partial charge < -0.3 is 14.8 Å². The number of aromatic nitrogens is 1. The van der Waals surface area contributed by atoms with Gasteiger partial charge in [0.2, 0.25) is 0 Å². The van der Waals surface area contributed by atoms with Crippen molar-refractivity contribution in [2.75, 3.05) is 25.1 Å². The summed E-state index contributed by atoms with van der Waals surface area (Å²) < 4.78 is 9.65. The molecule has 0 spiro atoms. The van der Waals surface area contributed by atoms with E-state index in [2.05, 4.69) is 10.3 Å². The lowest BCUT2D eigenvalue weighted by Gasteiger charge is -2.02. The molecule has 0 saturated heterocycles. The van der Waals surface area contributed by atoms with Gasteiger partial charge in [-0.05, 0) is 13.8 Å². The predicted molar refractivity (Wildman–Crippen MR) is 72.2 cm³/mol. The summed E-state index contributed by atoms with van der Waals surface area (Å²) in [6.07, 6.45) is 0.463. The fourth-order valence-electron chi connectivity index (χ4n) is 1.33. The van der Waals surface area contributed by atoms with E-state index in [9.17, 15) is 9.59 Å². The molecule has 1 rings (SSSR count). The van der Waals surface area contributed by atoms with Crippen LogP contribution in [-0.2, 0) is 25.5 Å². The van der Waals surface area contributed by atoms with Crippen molar-refractivity contribution in [3.8, 4) is 0 Å². The van der Waals surface area contributed by atoms with E-state index in [0.29, 0.717) is 37.0 Å². The van der Waals surface area contributed by atoms with Gasteiger partial charge in [-0.1, -0.05) is 0 Å². The van der Waals surface area contributed by atoms with Gasteiger partial charge in [-0.3, -0.25) is 9.59 Å². The standard InChI is InChI=1S/C12H18N2O4S/c1-3-17-10(15)5-6-13-12-14-9(8-19-12)7-11(16)18-4-2/h8H,3-7H2,1-2H3,(H,13,14). The lowest BCUT2D eigenvalue weighted by Crippen LogP contribution is -2.11. The minimum Gasteiger partial charge on any atom is -0.466 e. The predicted octanol–water partition coefficient (Wildman–Crippen LogP) is 1.61. The number of nitrogens with one attached hydrogen (secondary N) is 1. The van der Waals surface area contributed by atoms with Crippen LogP contribution in [0.3, 0.4) is 0 Å². The van der Waals surface area contributed by atoms with Crippen LogP contribution in [0.5, 0.6) is 0 Å². The Hall–Kier alpha value is -1.63. The van der Waals surface area contributed by atoms with E-state index in [1.165, 1.54) is 11.3 Å². The smallest absolute Gasteiger partial charge is 0.311 e. The second kappa shape index (κ2) is 8.47. The molecule has 0 aliphatic heterocycles. The Bertz CT molecular complexity index is 420. The molecule has 0 aliphatic rings. The zero-order chi connectivity index (χ0) is 14.1. The van der Waals surface area contributed by atoms with E-state index in [1.54, 1.807) is 19.2 Å². The van der Waals surface area contributed by atoms with E-state index in [0.717, 1.165) is 0 Å². The molecule has 1 aromatic heterocycles. The number of thiazole rings is 1. The fraction of sp³-hybridized carbons (Fsp3) is 0.583. The van der Waals surface area contributed by atoms with Crippen molar-refractivity contribution in [1.82, 2.24) is 4.98 Å². The Kier molecular flexibility index (Phi) is 6.88. The van der Waals surface area contributed by atoms with Crippen molar-refractivity contribution >= 4 is 28.4 Å². The van der Waals surface area contributed by atoms with E-state index < -0.39 is 0 Å². The molecule has 0 saturated carbocycles. The molecule has 0 aromatic carbocycles. The zero-order valence-electron chi connectivity index (χ0n) is 11.1. The number of carbonyl (C=O) groups excluding carboxylic acids is 2. The minimum atomic E-state index is -0.286. The molecule has 0 atom stereocenters. The number of hydrogen-bond acceptors (Lipinski definition) is 7. The summed E-state index contributed by atoms with van der Waals surface area (Å²) in [5, 5.41) is 5.49. The highest BCUT2D eigenvalue weighted by Crippen LogP contribution is 2.16. The van der Waals surface area contributed by atoms with Gasteiger partial charge in [0, 0.05) is 11.9 Å². The lowest BCUT2D eigenvalue weighted by molar-refractivity contribution is -0.143. The normalized spacial score (nSPS) is 10.0. The van der Waals surface area contributed by atoms with Gasteiger partial charge in [-0.15, -0.1) is 11.3 Å². The molecule has 0 unspecified atom stereocenters. The average Bonchev–Trinajstić information content (AvgIpc) is 2.77. The SMILES string of the molecule is CCOC(=O)CCNc1nc(CC(=O)OCC)cs1. The number of rotatable bonds is 8. The Morgan fingerprint density at radius 3 is 2.63 bits per heavy atom. The number of ether oxygens (including phenoxy) is 2. The maximum Gasteiger partial charge on any atom is 0.311 e. The summed E-state index contributed by atoms with van der Waals surface area (Å²) in [6.45, 7) is 4.76. The largest absolute Gasteiger partial charge is 0.466 e. The molecular formula is C12H18N2O4S. The Morgan fingerprint density at radius 1 is 1.26 bits per heavy atom. The van der Waals surface area contributed by atoms with Gasteiger partial charge in [-0.25, -0.2) is 4.98 Å². The molecule has 7 heteroatoms. The van der Waals surface area contributed by atoms with Crippen LogP contribution in [0.1, 0.15) is 26.0 Å². The van der Waals surface area contributed by atoms with Gasteiger partial charge in [-0.2, -0.15) is 0 Å². The first-order valence-corrected chi connectivity index (χ1v) is 7.03. The summed E-state index contributed by atoms with van der Waals surface area (Å²) in [5.41, 5.74) is 0.669. The molecule has 0 radical (unpaired) electrons. The lowest BCUT2D eigenvalue weighted by atomic mass is 10.3. The quantitative estimate of drug-likeness (QED) is 0.732. The number of carbonyl (C=O) groups is 2. The Labute approximate surface area is 116 Å². The first kappa shape index (κ1) is 15.4. The van der Waals surface area contributed by atoms with Gasteiger partial charge in [0.05, 0.1) is 31.7 Å². The van der Waals surface area contributed by atoms with Crippen molar-refractivity contribution in [1.29, 1.82) is 0 Å². The van der Waals surface area contributed by atoms with Crippen molar-refractivity contribution in [2.24, 2.45) is 0 Å². The third-order valence-electron chi connectivity index (χ3n) is 2.09. The maximum atomic E-state index is 11.3. The topological polar surface area (TPSA) is 77.5 Å². The highest BCUT2D eigenvalue weighted by atomic mass is 32.1. The molecular weight excluding hydrogens is 268 g/mol. The van der Waals surface area contributed by atoms with Crippen LogP contribution < -0.4 is 5.32 Å². The first-order valence-electron chi connectivity index (χ1n) is 6.15. The molecule has 0 bridgehead atoms. The number of hydrogen-bond donors (Lipinski definition) is 1. The van der Waals surface area contributed by atoms with Crippen LogP contribution in [0.15, 0.2) is 5.38 Å². The van der Waals surface area contributed by atoms with Gasteiger partial charge in [0.1, 0.15) is 0 Å². The molecule has 0 aliphatic carbocycles. The van der Waals surface area contributed by atoms with Crippen molar-refractivity contribution in [3.63, 3.8) is 0 Å². The van der Waals surface area contributed by atoms with Crippen molar-refractivity contribution in [3.05, 3.63) is 11.1 Å². The Morgan fingerprint density at radius 2 is 1.95 bits per heavy atom. The summed E-state index contributed by atoms with van der Waals surface area (Å²) in [5.74, 6) is -0.524. The second-order valence-corrected chi connectivity index (χ2v) is 4.47. The number of nitrogens with zero attached hydrogens (tertiary/aromatic N) is 1. The third kappa shape index (κ3) is 6.19. The second-order valence-electron chi connectivity index (χ2n) is 3.61. The summed E-state index contributed by atoms with van der Waals surface area (Å²) >= 11 is 1.39. The highest BCUT2D eigenvalue weighted by Gasteiger charge is 2.08. The summed E-state index contributed by atoms with van der Waals surface area (Å²) in [6, 6.07) is 0. The molecule has 106 valence electrons. The fourth-order valence-corrected chi connectivity index (χ4v) is 2.07. The van der Waals surface area contributed by atoms with Crippen LogP contribution in [-0.4, -0.2) is 36.7 Å². The van der Waals surface area contributed by atoms with Gasteiger partial charge in [0.15, 0.2) is 5.13 Å². The van der Waals surface area contributed by atoms with Crippen LogP contribution >= 0.6 is 11.3 Å². The zero-order valence-corrected chi connectivity index (χ0v) is 11.9. The van der Waals surface area contributed by atoms with Crippen LogP contribution in [0, 0.1) is 0 Å². The minimum absolute atomic E-state index is 0.171. The maximum absolute atomic E-state index is 11.3. The summed E-state index contributed by atoms with van der Waals surface area (Å²) in [4.78, 5) is 26.6. The van der Waals surface area contributed by atoms with E-state index in [1.807, 2.05) is 0 Å². The van der Waals surface area contributed by atoms with Crippen molar-refractivity contribution < 1.29 is 19.1 Å². The molecule has 19 heavy (non-hydrogen) atoms. The van der Waals surface area contributed by atoms with Gasteiger partial charge in [0.25, 0.3) is 0 Å². The molecule has 0 amide bonds. The van der Waals surface area contributed by atoms with E-state index in [4.69, 9.17) is 9.47 Å². The highest BCUT2D eigenvalue weighted by molar-refractivity contribution is 7.13. The average molecular weight is 286 g/mol. The molecule has 1 N–H and O–H groups in total. The van der Waals surface area contributed by atoms with Crippen LogP contribution in [0.4, 0.5) is 5.13 Å². The van der Waals surface area contributed by atoms with E-state index >= 15 is 0 Å². The summed E-state index contributed by atoms with van der Waals surface area (Å²) in [7, 11) is 0. The number of anilines is 1. The Balaban J connectivity index is 2.30. The molecule has 1 heterocycles. The molecule has 6 nitrogen and oxygen atoms in total. The van der Waals surface area contributed by atoms with E-state index in [-0.39, 0.29) is 18.4 Å². The number of esters is 2. The molecule has 0 fully saturated rings. The molecule has 1 aromatic rings. The van der Waals surface area contributed by atoms with Gasteiger partial charge >= 0.3 is 11.9 Å². The first-order chi connectivity index (χ1) is 9.15. The van der Waals surface area contributed by atoms with Crippen molar-refractivity contribution in [2.45, 2.75) is 26.7 Å². The third-order valence-corrected chi connectivity index (χ3v) is 2.94. The monoisotopic (exact) mass is 286 g/mol.